The lowest BCUT2D eigenvalue weighted by atomic mass is 10.3. The molecule has 1 rings (SSSR count). The molecule has 0 unspecified atom stereocenters. The van der Waals surface area contributed by atoms with Crippen molar-refractivity contribution in [1.82, 2.24) is 0 Å². The zero-order valence-electron chi connectivity index (χ0n) is 7.13. The predicted octanol–water partition coefficient (Wildman–Crippen LogP) is 2.75. The maximum absolute atomic E-state index is 5.76. The minimum absolute atomic E-state index is 0.623. The van der Waals surface area contributed by atoms with Crippen molar-refractivity contribution >= 4 is 11.6 Å². The van der Waals surface area contributed by atoms with Crippen molar-refractivity contribution in [2.24, 2.45) is 0 Å². The Morgan fingerprint density at radius 2 is 2.08 bits per heavy atom. The number of benzene rings is 1. The predicted molar refractivity (Wildman–Crippen MR) is 49.2 cm³/mol. The molecule has 0 aliphatic heterocycles. The van der Waals surface area contributed by atoms with Gasteiger partial charge in [0.1, 0.15) is 0 Å². The minimum Gasteiger partial charge on any atom is -0.493 e. The lowest BCUT2D eigenvalue weighted by Crippen LogP contribution is -1.94. The SMILES string of the molecule is CCOc1ccc(Cl)cc1OC. The van der Waals surface area contributed by atoms with Gasteiger partial charge in [-0.05, 0) is 19.1 Å². The van der Waals surface area contributed by atoms with Gasteiger partial charge in [0.2, 0.25) is 0 Å². The Labute approximate surface area is 77.1 Å². The smallest absolute Gasteiger partial charge is 0.162 e. The fourth-order valence-corrected chi connectivity index (χ4v) is 1.08. The molecule has 0 saturated heterocycles. The lowest BCUT2D eigenvalue weighted by Gasteiger charge is -2.08. The molecule has 2 nitrogen and oxygen atoms in total. The van der Waals surface area contributed by atoms with E-state index in [1.54, 1.807) is 25.3 Å². The summed E-state index contributed by atoms with van der Waals surface area (Å²) in [5.41, 5.74) is 0. The molecule has 0 N–H and O–H groups in total. The van der Waals surface area contributed by atoms with E-state index < -0.39 is 0 Å². The molecule has 0 atom stereocenters. The first-order chi connectivity index (χ1) is 5.77. The van der Waals surface area contributed by atoms with E-state index in [0.29, 0.717) is 17.4 Å². The average Bonchev–Trinajstić information content (AvgIpc) is 2.08. The molecule has 66 valence electrons. The topological polar surface area (TPSA) is 18.5 Å². The summed E-state index contributed by atoms with van der Waals surface area (Å²) >= 11 is 5.76. The second-order valence-electron chi connectivity index (χ2n) is 2.23. The van der Waals surface area contributed by atoms with E-state index in [2.05, 4.69) is 0 Å². The van der Waals surface area contributed by atoms with Crippen LogP contribution in [-0.4, -0.2) is 13.7 Å². The molecule has 0 bridgehead atoms. The number of hydrogen-bond acceptors (Lipinski definition) is 2. The zero-order chi connectivity index (χ0) is 8.97. The number of ether oxygens (including phenoxy) is 2. The fourth-order valence-electron chi connectivity index (χ4n) is 0.916. The van der Waals surface area contributed by atoms with Gasteiger partial charge in [0.05, 0.1) is 13.7 Å². The molecule has 0 saturated carbocycles. The molecule has 3 heteroatoms. The highest BCUT2D eigenvalue weighted by Gasteiger charge is 2.02. The molecular weight excluding hydrogens is 176 g/mol. The second kappa shape index (κ2) is 4.21. The molecule has 0 aliphatic rings. The van der Waals surface area contributed by atoms with E-state index in [1.165, 1.54) is 0 Å². The van der Waals surface area contributed by atoms with Crippen LogP contribution in [0, 0.1) is 0 Å². The molecule has 0 heterocycles. The van der Waals surface area contributed by atoms with Crippen LogP contribution in [0.2, 0.25) is 5.02 Å². The van der Waals surface area contributed by atoms with E-state index in [1.807, 2.05) is 6.92 Å². The highest BCUT2D eigenvalue weighted by Crippen LogP contribution is 2.29. The van der Waals surface area contributed by atoms with Gasteiger partial charge >= 0.3 is 0 Å². The summed E-state index contributed by atoms with van der Waals surface area (Å²) in [6, 6.07) is 5.30. The van der Waals surface area contributed by atoms with Crippen LogP contribution < -0.4 is 9.47 Å². The quantitative estimate of drug-likeness (QED) is 0.723. The maximum Gasteiger partial charge on any atom is 0.162 e. The van der Waals surface area contributed by atoms with Crippen molar-refractivity contribution in [2.45, 2.75) is 6.92 Å². The van der Waals surface area contributed by atoms with Crippen LogP contribution in [0.3, 0.4) is 0 Å². The van der Waals surface area contributed by atoms with E-state index in [9.17, 15) is 0 Å². The minimum atomic E-state index is 0.623. The second-order valence-corrected chi connectivity index (χ2v) is 2.66. The Balaban J connectivity index is 2.94. The van der Waals surface area contributed by atoms with Crippen LogP contribution >= 0.6 is 11.6 Å². The van der Waals surface area contributed by atoms with Gasteiger partial charge in [-0.3, -0.25) is 0 Å². The van der Waals surface area contributed by atoms with Gasteiger partial charge in [-0.1, -0.05) is 11.6 Å². The first kappa shape index (κ1) is 9.20. The van der Waals surface area contributed by atoms with Crippen LogP contribution in [0.25, 0.3) is 0 Å². The van der Waals surface area contributed by atoms with Gasteiger partial charge in [0.25, 0.3) is 0 Å². The van der Waals surface area contributed by atoms with Crippen LogP contribution in [0.1, 0.15) is 6.92 Å². The maximum atomic E-state index is 5.76. The third-order valence-electron chi connectivity index (χ3n) is 1.43. The molecule has 0 amide bonds. The molecule has 12 heavy (non-hydrogen) atoms. The van der Waals surface area contributed by atoms with Crippen LogP contribution in [-0.2, 0) is 0 Å². The van der Waals surface area contributed by atoms with E-state index in [0.717, 1.165) is 5.75 Å². The molecule has 0 spiro atoms. The summed E-state index contributed by atoms with van der Waals surface area (Å²) in [7, 11) is 1.59. The Morgan fingerprint density at radius 1 is 1.33 bits per heavy atom. The largest absolute Gasteiger partial charge is 0.493 e. The molecule has 0 fully saturated rings. The number of halogens is 1. The third-order valence-corrected chi connectivity index (χ3v) is 1.66. The monoisotopic (exact) mass is 186 g/mol. The highest BCUT2D eigenvalue weighted by atomic mass is 35.5. The first-order valence-corrected chi connectivity index (χ1v) is 4.12. The number of methoxy groups -OCH3 is 1. The summed E-state index contributed by atoms with van der Waals surface area (Å²) < 4.78 is 10.4. The molecular formula is C9H11ClO2. The van der Waals surface area contributed by atoms with Crippen molar-refractivity contribution in [1.29, 1.82) is 0 Å². The van der Waals surface area contributed by atoms with Crippen LogP contribution in [0.15, 0.2) is 18.2 Å². The lowest BCUT2D eigenvalue weighted by molar-refractivity contribution is 0.311. The van der Waals surface area contributed by atoms with Crippen LogP contribution in [0.4, 0.5) is 0 Å². The summed E-state index contributed by atoms with van der Waals surface area (Å²) in [6.07, 6.45) is 0. The van der Waals surface area contributed by atoms with Crippen molar-refractivity contribution < 1.29 is 9.47 Å². The van der Waals surface area contributed by atoms with Gasteiger partial charge in [-0.25, -0.2) is 0 Å². The van der Waals surface area contributed by atoms with E-state index in [-0.39, 0.29) is 0 Å². The van der Waals surface area contributed by atoms with Gasteiger partial charge < -0.3 is 9.47 Å². The number of rotatable bonds is 3. The Hall–Kier alpha value is -0.890. The standard InChI is InChI=1S/C9H11ClO2/c1-3-12-8-5-4-7(10)6-9(8)11-2/h4-6H,3H2,1-2H3. The van der Waals surface area contributed by atoms with Crippen molar-refractivity contribution in [3.63, 3.8) is 0 Å². The normalized spacial score (nSPS) is 9.58. The Kier molecular flexibility index (Phi) is 3.23. The summed E-state index contributed by atoms with van der Waals surface area (Å²) in [5, 5.41) is 0.648. The van der Waals surface area contributed by atoms with Gasteiger partial charge in [-0.15, -0.1) is 0 Å². The van der Waals surface area contributed by atoms with Crippen molar-refractivity contribution in [3.8, 4) is 11.5 Å². The average molecular weight is 187 g/mol. The molecule has 1 aromatic carbocycles. The van der Waals surface area contributed by atoms with Crippen LogP contribution in [0.5, 0.6) is 11.5 Å². The van der Waals surface area contributed by atoms with Crippen molar-refractivity contribution in [3.05, 3.63) is 23.2 Å². The Morgan fingerprint density at radius 3 is 2.67 bits per heavy atom. The van der Waals surface area contributed by atoms with Gasteiger partial charge in [0, 0.05) is 11.1 Å². The molecule has 0 aromatic heterocycles. The third kappa shape index (κ3) is 2.05. The molecule has 0 aliphatic carbocycles. The zero-order valence-corrected chi connectivity index (χ0v) is 7.89. The summed E-state index contributed by atoms with van der Waals surface area (Å²) in [6.45, 7) is 2.55. The first-order valence-electron chi connectivity index (χ1n) is 3.74. The van der Waals surface area contributed by atoms with E-state index >= 15 is 0 Å². The fraction of sp³-hybridized carbons (Fsp3) is 0.333. The van der Waals surface area contributed by atoms with E-state index in [4.69, 9.17) is 21.1 Å². The molecule has 0 radical (unpaired) electrons. The van der Waals surface area contributed by atoms with Gasteiger partial charge in [0.15, 0.2) is 11.5 Å². The molecule has 1 aromatic rings. The number of hydrogen-bond donors (Lipinski definition) is 0. The van der Waals surface area contributed by atoms with Crippen molar-refractivity contribution in [2.75, 3.05) is 13.7 Å². The summed E-state index contributed by atoms with van der Waals surface area (Å²) in [4.78, 5) is 0. The summed E-state index contributed by atoms with van der Waals surface area (Å²) in [5.74, 6) is 1.40. The van der Waals surface area contributed by atoms with Gasteiger partial charge in [-0.2, -0.15) is 0 Å². The highest BCUT2D eigenvalue weighted by molar-refractivity contribution is 6.30. The Bertz CT molecular complexity index is 261.